The number of fused-ring (bicyclic) bond motifs is 2. The molecule has 3 aliphatic rings. The molecule has 0 amide bonds. The van der Waals surface area contributed by atoms with Gasteiger partial charge >= 0.3 is 11.9 Å². The van der Waals surface area contributed by atoms with Crippen LogP contribution in [0.5, 0.6) is 0 Å². The molecule has 5 nitrogen and oxygen atoms in total. The molecular formula is C19H24O5. The number of carbonyl (C=O) groups is 3. The molecule has 0 radical (unpaired) electrons. The molecule has 0 aromatic rings. The van der Waals surface area contributed by atoms with Gasteiger partial charge in [-0.3, -0.25) is 9.59 Å². The van der Waals surface area contributed by atoms with Crippen molar-refractivity contribution in [3.8, 4) is 0 Å². The van der Waals surface area contributed by atoms with E-state index in [1.807, 2.05) is 19.9 Å². The molecule has 130 valence electrons. The lowest BCUT2D eigenvalue weighted by Gasteiger charge is -2.39. The highest BCUT2D eigenvalue weighted by Crippen LogP contribution is 2.54. The van der Waals surface area contributed by atoms with Crippen molar-refractivity contribution >= 4 is 17.7 Å². The van der Waals surface area contributed by atoms with E-state index >= 15 is 0 Å². The Labute approximate surface area is 142 Å². The van der Waals surface area contributed by atoms with Crippen LogP contribution in [0.25, 0.3) is 0 Å². The summed E-state index contributed by atoms with van der Waals surface area (Å²) in [5.41, 5.74) is -0.587. The molecule has 1 aliphatic heterocycles. The second-order valence-electron chi connectivity index (χ2n) is 7.75. The van der Waals surface area contributed by atoms with Gasteiger partial charge in [0.1, 0.15) is 12.2 Å². The molecule has 1 saturated carbocycles. The van der Waals surface area contributed by atoms with E-state index < -0.39 is 29.5 Å². The van der Waals surface area contributed by atoms with Gasteiger partial charge in [-0.1, -0.05) is 33.4 Å². The van der Waals surface area contributed by atoms with Crippen molar-refractivity contribution in [1.82, 2.24) is 0 Å². The minimum atomic E-state index is -0.889. The number of hydrogen-bond donors (Lipinski definition) is 0. The van der Waals surface area contributed by atoms with E-state index in [4.69, 9.17) is 9.47 Å². The van der Waals surface area contributed by atoms with E-state index in [0.29, 0.717) is 12.0 Å². The first kappa shape index (κ1) is 16.9. The van der Waals surface area contributed by atoms with Crippen LogP contribution in [0.15, 0.2) is 24.3 Å². The Morgan fingerprint density at radius 1 is 1.42 bits per heavy atom. The van der Waals surface area contributed by atoms with Gasteiger partial charge in [-0.25, -0.2) is 4.79 Å². The molecular weight excluding hydrogens is 308 g/mol. The third-order valence-electron chi connectivity index (χ3n) is 5.85. The Morgan fingerprint density at radius 2 is 2.08 bits per heavy atom. The zero-order chi connectivity index (χ0) is 17.8. The highest BCUT2D eigenvalue weighted by Gasteiger charge is 2.62. The number of rotatable bonds is 2. The maximum absolute atomic E-state index is 12.7. The lowest BCUT2D eigenvalue weighted by atomic mass is 9.67. The normalized spacial score (nSPS) is 41.0. The van der Waals surface area contributed by atoms with Crippen LogP contribution >= 0.6 is 0 Å². The summed E-state index contributed by atoms with van der Waals surface area (Å²) in [7, 11) is 0. The standard InChI is InChI=1S/C19H24O5/c1-9(2)17(21)24-16-15-11(4)18(22)23-13(15)8-10(3)12-6-7-14(20)19(12,16)5/h6-7,9-10,12-13,15-16H,4,8H2,1-3,5H3/t10-,12+,13-,15+,16+,19+/m1/s1. The Morgan fingerprint density at radius 3 is 2.71 bits per heavy atom. The van der Waals surface area contributed by atoms with Crippen LogP contribution in [-0.4, -0.2) is 29.9 Å². The second kappa shape index (κ2) is 5.57. The van der Waals surface area contributed by atoms with Crippen LogP contribution in [0.4, 0.5) is 0 Å². The minimum Gasteiger partial charge on any atom is -0.460 e. The van der Waals surface area contributed by atoms with Gasteiger partial charge in [-0.05, 0) is 31.3 Å². The van der Waals surface area contributed by atoms with E-state index in [9.17, 15) is 14.4 Å². The molecule has 0 unspecified atom stereocenters. The largest absolute Gasteiger partial charge is 0.460 e. The molecule has 0 aromatic heterocycles. The van der Waals surface area contributed by atoms with Gasteiger partial charge in [0.15, 0.2) is 5.78 Å². The predicted octanol–water partition coefficient (Wildman–Crippen LogP) is 2.45. The van der Waals surface area contributed by atoms with E-state index in [1.54, 1.807) is 19.9 Å². The van der Waals surface area contributed by atoms with E-state index in [2.05, 4.69) is 6.58 Å². The Hall–Kier alpha value is -1.91. The summed E-state index contributed by atoms with van der Waals surface area (Å²) in [6.07, 6.45) is 2.98. The van der Waals surface area contributed by atoms with Crippen LogP contribution in [0.1, 0.15) is 34.1 Å². The molecule has 6 atom stereocenters. The number of ketones is 1. The van der Waals surface area contributed by atoms with Crippen molar-refractivity contribution in [2.24, 2.45) is 29.1 Å². The molecule has 0 N–H and O–H groups in total. The number of esters is 2. The molecule has 1 saturated heterocycles. The van der Waals surface area contributed by atoms with Crippen LogP contribution in [0.2, 0.25) is 0 Å². The Balaban J connectivity index is 2.09. The molecule has 2 fully saturated rings. The first-order chi connectivity index (χ1) is 11.2. The lowest BCUT2D eigenvalue weighted by molar-refractivity contribution is -0.168. The van der Waals surface area contributed by atoms with Gasteiger partial charge in [-0.2, -0.15) is 0 Å². The van der Waals surface area contributed by atoms with Crippen molar-refractivity contribution in [2.45, 2.75) is 46.3 Å². The van der Waals surface area contributed by atoms with Gasteiger partial charge in [-0.15, -0.1) is 0 Å². The third kappa shape index (κ3) is 2.25. The van der Waals surface area contributed by atoms with Crippen molar-refractivity contribution in [3.63, 3.8) is 0 Å². The molecule has 3 rings (SSSR count). The fourth-order valence-corrected chi connectivity index (χ4v) is 4.41. The van der Waals surface area contributed by atoms with Gasteiger partial charge in [0.05, 0.1) is 17.3 Å². The predicted molar refractivity (Wildman–Crippen MR) is 86.8 cm³/mol. The molecule has 1 heterocycles. The summed E-state index contributed by atoms with van der Waals surface area (Å²) in [5, 5.41) is 0. The van der Waals surface area contributed by atoms with Crippen LogP contribution < -0.4 is 0 Å². The molecule has 0 spiro atoms. The molecule has 5 heteroatoms. The third-order valence-corrected chi connectivity index (χ3v) is 5.85. The summed E-state index contributed by atoms with van der Waals surface area (Å²) in [4.78, 5) is 37.1. The average molecular weight is 332 g/mol. The van der Waals surface area contributed by atoms with Gasteiger partial charge < -0.3 is 9.47 Å². The van der Waals surface area contributed by atoms with E-state index in [0.717, 1.165) is 0 Å². The Kier molecular flexibility index (Phi) is 3.93. The average Bonchev–Trinajstić information content (AvgIpc) is 2.92. The summed E-state index contributed by atoms with van der Waals surface area (Å²) in [5.74, 6) is -1.60. The fourth-order valence-electron chi connectivity index (χ4n) is 4.41. The first-order valence-electron chi connectivity index (χ1n) is 8.50. The molecule has 0 aromatic carbocycles. The highest BCUT2D eigenvalue weighted by atomic mass is 16.6. The monoisotopic (exact) mass is 332 g/mol. The van der Waals surface area contributed by atoms with Crippen LogP contribution in [0.3, 0.4) is 0 Å². The van der Waals surface area contributed by atoms with Gasteiger partial charge in [0, 0.05) is 5.57 Å². The minimum absolute atomic E-state index is 0.0490. The number of allylic oxidation sites excluding steroid dienone is 2. The van der Waals surface area contributed by atoms with Crippen LogP contribution in [-0.2, 0) is 23.9 Å². The maximum Gasteiger partial charge on any atom is 0.334 e. The topological polar surface area (TPSA) is 69.7 Å². The van der Waals surface area contributed by atoms with Gasteiger partial charge in [0.2, 0.25) is 0 Å². The van der Waals surface area contributed by atoms with Crippen molar-refractivity contribution in [3.05, 3.63) is 24.3 Å². The Bertz CT molecular complexity index is 646. The van der Waals surface area contributed by atoms with Crippen molar-refractivity contribution in [2.75, 3.05) is 0 Å². The summed E-state index contributed by atoms with van der Waals surface area (Å²) >= 11 is 0. The summed E-state index contributed by atoms with van der Waals surface area (Å²) in [6, 6.07) is 0. The maximum atomic E-state index is 12.7. The van der Waals surface area contributed by atoms with E-state index in [-0.39, 0.29) is 29.5 Å². The number of ether oxygens (including phenoxy) is 2. The number of hydrogen-bond acceptors (Lipinski definition) is 5. The summed E-state index contributed by atoms with van der Waals surface area (Å²) in [6.45, 7) is 11.2. The van der Waals surface area contributed by atoms with Crippen LogP contribution in [0, 0.1) is 29.1 Å². The molecule has 2 aliphatic carbocycles. The highest BCUT2D eigenvalue weighted by molar-refractivity contribution is 5.99. The quantitative estimate of drug-likeness (QED) is 0.574. The first-order valence-corrected chi connectivity index (χ1v) is 8.50. The zero-order valence-electron chi connectivity index (χ0n) is 14.6. The second-order valence-corrected chi connectivity index (χ2v) is 7.75. The smallest absolute Gasteiger partial charge is 0.334 e. The zero-order valence-corrected chi connectivity index (χ0v) is 14.6. The van der Waals surface area contributed by atoms with Crippen molar-refractivity contribution < 1.29 is 23.9 Å². The molecule has 24 heavy (non-hydrogen) atoms. The van der Waals surface area contributed by atoms with E-state index in [1.165, 1.54) is 0 Å². The molecule has 0 bridgehead atoms. The summed E-state index contributed by atoms with van der Waals surface area (Å²) < 4.78 is 11.3. The van der Waals surface area contributed by atoms with Gasteiger partial charge in [0.25, 0.3) is 0 Å². The fraction of sp³-hybridized carbons (Fsp3) is 0.632. The lowest BCUT2D eigenvalue weighted by Crippen LogP contribution is -2.49. The number of carbonyl (C=O) groups excluding carboxylic acids is 3. The van der Waals surface area contributed by atoms with Crippen molar-refractivity contribution in [1.29, 1.82) is 0 Å². The SMILES string of the molecule is C=C1C(=O)O[C@@H]2C[C@@H](C)[C@@H]3C=CC(=O)[C@@]3(C)[C@@H](OC(=O)C(C)C)[C@@H]12.